The summed E-state index contributed by atoms with van der Waals surface area (Å²) in [5.41, 5.74) is 5.50. The van der Waals surface area contributed by atoms with Crippen molar-refractivity contribution in [3.05, 3.63) is 158 Å². The first-order valence-corrected chi connectivity index (χ1v) is 14.7. The van der Waals surface area contributed by atoms with Crippen LogP contribution in [0.25, 0.3) is 66.5 Å². The summed E-state index contributed by atoms with van der Waals surface area (Å²) in [4.78, 5) is 9.63. The van der Waals surface area contributed by atoms with Gasteiger partial charge in [0, 0.05) is 61.4 Å². The first-order chi connectivity index (χ1) is 22.3. The third kappa shape index (κ3) is 5.43. The molecule has 0 fully saturated rings. The quantitative estimate of drug-likeness (QED) is 0.162. The van der Waals surface area contributed by atoms with Crippen LogP contribution in [0, 0.1) is 24.3 Å². The number of ether oxygens (including phenoxy) is 1. The predicted molar refractivity (Wildman–Crippen MR) is 178 cm³/mol. The predicted octanol–water partition coefficient (Wildman–Crippen LogP) is 9.33. The Bertz CT molecular complexity index is 2530. The molecule has 0 aliphatic carbocycles. The van der Waals surface area contributed by atoms with Crippen LogP contribution in [-0.2, 0) is 53.8 Å². The van der Waals surface area contributed by atoms with Crippen LogP contribution in [-0.4, -0.2) is 19.1 Å². The zero-order chi connectivity index (χ0) is 29.7. The van der Waals surface area contributed by atoms with Gasteiger partial charge in [0.15, 0.2) is 0 Å². The molecule has 4 aromatic heterocycles. The summed E-state index contributed by atoms with van der Waals surface area (Å²) in [5, 5.41) is 4.40. The van der Waals surface area contributed by atoms with Crippen LogP contribution in [0.2, 0.25) is 0 Å². The molecule has 0 saturated heterocycles. The molecule has 4 heterocycles. The molecule has 5 nitrogen and oxygen atoms in total. The fourth-order valence-corrected chi connectivity index (χ4v) is 6.13. The molecule has 9 rings (SSSR count). The molecule has 0 aliphatic heterocycles. The molecule has 0 atom stereocenters. The third-order valence-electron chi connectivity index (χ3n) is 8.08. The van der Waals surface area contributed by atoms with E-state index < -0.39 is 0 Å². The van der Waals surface area contributed by atoms with Crippen LogP contribution in [0.3, 0.4) is 0 Å². The SMILES string of the molecule is [Pt+2].[Y].[c-]1ccccc1-c1[c-]ccc(-n2c3[c-]c(Oc4[c-]c5c(cc4)c4ccccc4n5-c4ccccn4)ccc3c3ccccc32)n1. The normalized spacial score (nSPS) is 11.1. The number of benzene rings is 5. The average molecular weight is 859 g/mol. The van der Waals surface area contributed by atoms with Crippen molar-refractivity contribution in [1.82, 2.24) is 19.1 Å². The van der Waals surface area contributed by atoms with E-state index in [0.717, 1.165) is 66.5 Å². The van der Waals surface area contributed by atoms with E-state index >= 15 is 0 Å². The van der Waals surface area contributed by atoms with Gasteiger partial charge in [-0.1, -0.05) is 53.5 Å². The van der Waals surface area contributed by atoms with Gasteiger partial charge in [0.05, 0.1) is 5.82 Å². The van der Waals surface area contributed by atoms with E-state index in [4.69, 9.17) is 9.72 Å². The summed E-state index contributed by atoms with van der Waals surface area (Å²) >= 11 is 0. The van der Waals surface area contributed by atoms with Crippen LogP contribution < -0.4 is 4.74 Å². The number of pyridine rings is 2. The molecule has 9 aromatic rings. The number of rotatable bonds is 5. The van der Waals surface area contributed by atoms with Crippen LogP contribution >= 0.6 is 0 Å². The van der Waals surface area contributed by atoms with Crippen LogP contribution in [0.4, 0.5) is 0 Å². The summed E-state index contributed by atoms with van der Waals surface area (Å²) < 4.78 is 10.7. The summed E-state index contributed by atoms with van der Waals surface area (Å²) in [6.45, 7) is 0. The Balaban J connectivity index is 0.00000176. The smallest absolute Gasteiger partial charge is 0.509 e. The Hall–Kier alpha value is -4.41. The molecule has 47 heavy (non-hydrogen) atoms. The first-order valence-electron chi connectivity index (χ1n) is 14.7. The fourth-order valence-electron chi connectivity index (χ4n) is 6.13. The minimum Gasteiger partial charge on any atom is -0.509 e. The van der Waals surface area contributed by atoms with Crippen molar-refractivity contribution < 1.29 is 58.5 Å². The molecule has 223 valence electrons. The van der Waals surface area contributed by atoms with Gasteiger partial charge in [-0.3, -0.25) is 0 Å². The molecule has 0 spiro atoms. The van der Waals surface area contributed by atoms with Crippen molar-refractivity contribution in [1.29, 1.82) is 0 Å². The molecular weight excluding hydrogens is 836 g/mol. The van der Waals surface area contributed by atoms with Crippen LogP contribution in [0.5, 0.6) is 11.5 Å². The Labute approximate surface area is 311 Å². The Morgan fingerprint density at radius 3 is 1.77 bits per heavy atom. The number of fused-ring (bicyclic) bond motifs is 6. The number of nitrogens with zero attached hydrogens (tertiary/aromatic N) is 4. The Morgan fingerprint density at radius 1 is 0.532 bits per heavy atom. The average Bonchev–Trinajstić information content (AvgIpc) is 3.61. The van der Waals surface area contributed by atoms with Crippen LogP contribution in [0.15, 0.2) is 134 Å². The number of para-hydroxylation sites is 2. The van der Waals surface area contributed by atoms with Crippen molar-refractivity contribution in [2.24, 2.45) is 0 Å². The molecule has 5 aromatic carbocycles. The zero-order valence-electron chi connectivity index (χ0n) is 24.8. The molecule has 0 amide bonds. The van der Waals surface area contributed by atoms with Gasteiger partial charge >= 0.3 is 21.1 Å². The maximum absolute atomic E-state index is 6.47. The van der Waals surface area contributed by atoms with Crippen molar-refractivity contribution in [3.8, 4) is 34.4 Å². The minimum absolute atomic E-state index is 0. The maximum Gasteiger partial charge on any atom is 2.00 e. The molecule has 0 aliphatic rings. The van der Waals surface area contributed by atoms with E-state index in [2.05, 4.69) is 86.9 Å². The van der Waals surface area contributed by atoms with E-state index in [1.165, 1.54) is 0 Å². The number of aromatic nitrogens is 4. The minimum atomic E-state index is 0. The van der Waals surface area contributed by atoms with Crippen molar-refractivity contribution in [2.45, 2.75) is 0 Å². The maximum atomic E-state index is 6.47. The monoisotopic (exact) mass is 858 g/mol. The van der Waals surface area contributed by atoms with Gasteiger partial charge in [-0.2, -0.15) is 36.4 Å². The second kappa shape index (κ2) is 13.0. The second-order valence-electron chi connectivity index (χ2n) is 10.7. The molecule has 0 bridgehead atoms. The second-order valence-corrected chi connectivity index (χ2v) is 10.7. The molecule has 7 heteroatoms. The molecule has 1 radical (unpaired) electrons. The Morgan fingerprint density at radius 2 is 1.15 bits per heavy atom. The Kier molecular flexibility index (Phi) is 8.63. The van der Waals surface area contributed by atoms with Gasteiger partial charge in [-0.15, -0.1) is 52.9 Å². The van der Waals surface area contributed by atoms with Gasteiger partial charge in [-0.05, 0) is 35.0 Å². The molecule has 0 N–H and O–H groups in total. The van der Waals surface area contributed by atoms with E-state index in [0.29, 0.717) is 11.5 Å². The summed E-state index contributed by atoms with van der Waals surface area (Å²) in [7, 11) is 0. The van der Waals surface area contributed by atoms with Gasteiger partial charge in [0.25, 0.3) is 0 Å². The number of hydrogen-bond acceptors (Lipinski definition) is 3. The van der Waals surface area contributed by atoms with Gasteiger partial charge < -0.3 is 18.9 Å². The van der Waals surface area contributed by atoms with Gasteiger partial charge in [0.1, 0.15) is 5.82 Å². The van der Waals surface area contributed by atoms with Crippen molar-refractivity contribution >= 4 is 43.6 Å². The van der Waals surface area contributed by atoms with Crippen molar-refractivity contribution in [2.75, 3.05) is 0 Å². The van der Waals surface area contributed by atoms with Gasteiger partial charge in [0.2, 0.25) is 0 Å². The molecule has 0 unspecified atom stereocenters. The summed E-state index contributed by atoms with van der Waals surface area (Å²) in [6, 6.07) is 56.0. The summed E-state index contributed by atoms with van der Waals surface area (Å²) in [5.74, 6) is 2.78. The fraction of sp³-hybridized carbons (Fsp3) is 0. The summed E-state index contributed by atoms with van der Waals surface area (Å²) in [6.07, 6.45) is 1.81. The van der Waals surface area contributed by atoms with Crippen LogP contribution in [0.1, 0.15) is 0 Å². The zero-order valence-corrected chi connectivity index (χ0v) is 29.9. The van der Waals surface area contributed by atoms with E-state index in [1.807, 2.05) is 78.9 Å². The standard InChI is InChI=1S/C40H22N4O.Pt.Y/c1-2-11-27(12-3-1)34-15-10-19-40(42-34)44-36-17-7-5-14-31(36)33-23-21-29(26-38(33)44)45-28-20-22-32-30-13-4-6-16-35(30)43(37(32)25-28)39-18-8-9-24-41-39;;/h1-11,13-14,16-24H;;/q-4;+2;. The molecular formula is C40H22N4OPtY-2. The number of hydrogen-bond donors (Lipinski definition) is 0. The molecule has 0 saturated carbocycles. The first kappa shape index (κ1) is 31.2. The van der Waals surface area contributed by atoms with Gasteiger partial charge in [-0.25, -0.2) is 22.7 Å². The van der Waals surface area contributed by atoms with Crippen molar-refractivity contribution in [3.63, 3.8) is 0 Å². The van der Waals surface area contributed by atoms with E-state index in [1.54, 1.807) is 6.20 Å². The largest absolute Gasteiger partial charge is 2.00 e. The third-order valence-corrected chi connectivity index (χ3v) is 8.08. The topological polar surface area (TPSA) is 44.9 Å². The van der Waals surface area contributed by atoms with E-state index in [-0.39, 0.29) is 53.8 Å². The van der Waals surface area contributed by atoms with E-state index in [9.17, 15) is 0 Å².